The molecule has 2 fully saturated rings. The molecule has 34 heavy (non-hydrogen) atoms. The molecule has 2 N–H and O–H groups in total. The van der Waals surface area contributed by atoms with Gasteiger partial charge in [0.25, 0.3) is 5.91 Å². The van der Waals surface area contributed by atoms with Crippen molar-refractivity contribution in [2.24, 2.45) is 5.92 Å². The average Bonchev–Trinajstić information content (AvgIpc) is 3.50. The van der Waals surface area contributed by atoms with Crippen molar-refractivity contribution in [3.8, 4) is 11.3 Å². The fourth-order valence-corrected chi connectivity index (χ4v) is 4.95. The monoisotopic (exact) mass is 474 g/mol. The summed E-state index contributed by atoms with van der Waals surface area (Å²) in [4.78, 5) is 38.9. The standard InChI is InChI=1S/C25H26N6O2S/c32-23-13-20(24(33)30-23)12-21-2-7-28-25(29-21)31-8-3-17(4-9-31)14-26-15-18-1-6-27-22(11-18)19-5-10-34-16-19/h1-2,5-7,10-12,16-17,26H,3-4,8-9,13-15H2,(H,30,32,33). The summed E-state index contributed by atoms with van der Waals surface area (Å²) in [6.45, 7) is 3.58. The van der Waals surface area contributed by atoms with Gasteiger partial charge in [0.2, 0.25) is 11.9 Å². The lowest BCUT2D eigenvalue weighted by atomic mass is 9.97. The largest absolute Gasteiger partial charge is 0.341 e. The van der Waals surface area contributed by atoms with Crippen LogP contribution in [-0.2, 0) is 16.1 Å². The number of imide groups is 1. The number of carbonyl (C=O) groups excluding carboxylic acids is 2. The summed E-state index contributed by atoms with van der Waals surface area (Å²) in [6, 6.07) is 8.07. The van der Waals surface area contributed by atoms with Gasteiger partial charge in [-0.1, -0.05) is 0 Å². The van der Waals surface area contributed by atoms with E-state index in [1.165, 1.54) is 11.1 Å². The van der Waals surface area contributed by atoms with Gasteiger partial charge in [0.1, 0.15) is 0 Å². The van der Waals surface area contributed by atoms with Crippen LogP contribution in [0.1, 0.15) is 30.5 Å². The first kappa shape index (κ1) is 22.4. The quantitative estimate of drug-likeness (QED) is 0.401. The summed E-state index contributed by atoms with van der Waals surface area (Å²) < 4.78 is 0. The molecule has 0 spiro atoms. The minimum Gasteiger partial charge on any atom is -0.341 e. The highest BCUT2D eigenvalue weighted by Crippen LogP contribution is 2.23. The van der Waals surface area contributed by atoms with Crippen LogP contribution >= 0.6 is 11.3 Å². The van der Waals surface area contributed by atoms with Crippen molar-refractivity contribution in [1.29, 1.82) is 0 Å². The van der Waals surface area contributed by atoms with Gasteiger partial charge in [0.15, 0.2) is 0 Å². The van der Waals surface area contributed by atoms with E-state index in [0.717, 1.165) is 44.7 Å². The van der Waals surface area contributed by atoms with E-state index in [0.29, 0.717) is 23.1 Å². The van der Waals surface area contributed by atoms with E-state index in [1.54, 1.807) is 29.7 Å². The molecule has 0 aromatic carbocycles. The van der Waals surface area contributed by atoms with Crippen LogP contribution in [-0.4, -0.2) is 46.4 Å². The second kappa shape index (κ2) is 10.2. The van der Waals surface area contributed by atoms with Crippen molar-refractivity contribution < 1.29 is 9.59 Å². The van der Waals surface area contributed by atoms with Gasteiger partial charge in [-0.25, -0.2) is 9.97 Å². The Kier molecular flexibility index (Phi) is 6.73. The molecule has 2 saturated heterocycles. The van der Waals surface area contributed by atoms with Crippen molar-refractivity contribution in [3.63, 3.8) is 0 Å². The van der Waals surface area contributed by atoms with Gasteiger partial charge >= 0.3 is 0 Å². The number of pyridine rings is 1. The molecule has 9 heteroatoms. The van der Waals surface area contributed by atoms with Crippen molar-refractivity contribution in [2.75, 3.05) is 24.5 Å². The number of nitrogens with one attached hydrogen (secondary N) is 2. The molecule has 174 valence electrons. The highest BCUT2D eigenvalue weighted by Gasteiger charge is 2.24. The van der Waals surface area contributed by atoms with E-state index in [4.69, 9.17) is 0 Å². The molecular weight excluding hydrogens is 448 g/mol. The lowest BCUT2D eigenvalue weighted by Crippen LogP contribution is -2.38. The summed E-state index contributed by atoms with van der Waals surface area (Å²) >= 11 is 1.68. The van der Waals surface area contributed by atoms with Crippen LogP contribution < -0.4 is 15.5 Å². The number of aromatic nitrogens is 3. The molecule has 0 radical (unpaired) electrons. The van der Waals surface area contributed by atoms with Crippen molar-refractivity contribution >= 4 is 35.2 Å². The number of amides is 2. The van der Waals surface area contributed by atoms with Gasteiger partial charge in [-0.3, -0.25) is 19.9 Å². The summed E-state index contributed by atoms with van der Waals surface area (Å²) in [6.07, 6.45) is 7.49. The maximum atomic E-state index is 11.8. The third kappa shape index (κ3) is 5.37. The Morgan fingerprint density at radius 1 is 1.15 bits per heavy atom. The summed E-state index contributed by atoms with van der Waals surface area (Å²) in [5.74, 6) is 0.664. The minimum absolute atomic E-state index is 0.103. The number of anilines is 1. The van der Waals surface area contributed by atoms with E-state index in [1.807, 2.05) is 6.20 Å². The zero-order valence-electron chi connectivity index (χ0n) is 18.7. The van der Waals surface area contributed by atoms with Crippen LogP contribution in [0.5, 0.6) is 0 Å². The topological polar surface area (TPSA) is 100 Å². The number of piperidine rings is 1. The van der Waals surface area contributed by atoms with Gasteiger partial charge in [0.05, 0.1) is 17.8 Å². The Bertz CT molecular complexity index is 1200. The normalized spacial score (nSPS) is 18.0. The van der Waals surface area contributed by atoms with E-state index in [2.05, 4.69) is 59.4 Å². The van der Waals surface area contributed by atoms with Crippen LogP contribution in [0.4, 0.5) is 5.95 Å². The first-order valence-electron chi connectivity index (χ1n) is 11.4. The summed E-state index contributed by atoms with van der Waals surface area (Å²) in [5.41, 5.74) is 4.52. The van der Waals surface area contributed by atoms with Gasteiger partial charge in [0, 0.05) is 48.5 Å². The van der Waals surface area contributed by atoms with Crippen LogP contribution in [0.15, 0.2) is 53.0 Å². The second-order valence-electron chi connectivity index (χ2n) is 8.63. The van der Waals surface area contributed by atoms with Crippen LogP contribution in [0.25, 0.3) is 17.3 Å². The highest BCUT2D eigenvalue weighted by atomic mass is 32.1. The van der Waals surface area contributed by atoms with Crippen molar-refractivity contribution in [3.05, 3.63) is 64.2 Å². The molecule has 8 nitrogen and oxygen atoms in total. The molecule has 0 atom stereocenters. The fourth-order valence-electron chi connectivity index (χ4n) is 4.30. The van der Waals surface area contributed by atoms with Crippen LogP contribution in [0.3, 0.4) is 0 Å². The molecule has 5 rings (SSSR count). The van der Waals surface area contributed by atoms with E-state index in [9.17, 15) is 9.59 Å². The maximum Gasteiger partial charge on any atom is 0.254 e. The SMILES string of the molecule is O=C1CC(=Cc2ccnc(N3CCC(CNCc4ccnc(-c5ccsc5)c4)CC3)n2)C(=O)N1. The lowest BCUT2D eigenvalue weighted by molar-refractivity contribution is -0.124. The number of thiophene rings is 1. The van der Waals surface area contributed by atoms with Gasteiger partial charge < -0.3 is 10.2 Å². The van der Waals surface area contributed by atoms with Crippen molar-refractivity contribution in [1.82, 2.24) is 25.6 Å². The Balaban J connectivity index is 1.11. The van der Waals surface area contributed by atoms with Crippen LogP contribution in [0, 0.1) is 5.92 Å². The molecule has 2 amide bonds. The summed E-state index contributed by atoms with van der Waals surface area (Å²) in [7, 11) is 0. The Morgan fingerprint density at radius 2 is 2.00 bits per heavy atom. The molecular formula is C25H26N6O2S. The lowest BCUT2D eigenvalue weighted by Gasteiger charge is -2.32. The zero-order chi connectivity index (χ0) is 23.3. The smallest absolute Gasteiger partial charge is 0.254 e. The molecule has 0 bridgehead atoms. The predicted molar refractivity (Wildman–Crippen MR) is 132 cm³/mol. The van der Waals surface area contributed by atoms with E-state index >= 15 is 0 Å². The third-order valence-electron chi connectivity index (χ3n) is 6.18. The molecule has 3 aromatic rings. The Hall–Kier alpha value is -3.43. The fraction of sp³-hybridized carbons (Fsp3) is 0.320. The number of carbonyl (C=O) groups is 2. The van der Waals surface area contributed by atoms with Gasteiger partial charge in [-0.05, 0) is 66.6 Å². The molecule has 2 aliphatic heterocycles. The maximum absolute atomic E-state index is 11.8. The molecule has 5 heterocycles. The van der Waals surface area contributed by atoms with Gasteiger partial charge in [-0.15, -0.1) is 0 Å². The van der Waals surface area contributed by atoms with E-state index in [-0.39, 0.29) is 18.2 Å². The van der Waals surface area contributed by atoms with Gasteiger partial charge in [-0.2, -0.15) is 11.3 Å². The number of nitrogens with zero attached hydrogens (tertiary/aromatic N) is 4. The Labute approximate surface area is 202 Å². The number of hydrogen-bond donors (Lipinski definition) is 2. The summed E-state index contributed by atoms with van der Waals surface area (Å²) in [5, 5.41) is 10.1. The Morgan fingerprint density at radius 3 is 2.76 bits per heavy atom. The highest BCUT2D eigenvalue weighted by molar-refractivity contribution is 7.08. The molecule has 2 aliphatic rings. The molecule has 3 aromatic heterocycles. The minimum atomic E-state index is -0.340. The van der Waals surface area contributed by atoms with E-state index < -0.39 is 0 Å². The second-order valence-corrected chi connectivity index (χ2v) is 9.41. The average molecular weight is 475 g/mol. The molecule has 0 unspecified atom stereocenters. The first-order valence-corrected chi connectivity index (χ1v) is 12.4. The third-order valence-corrected chi connectivity index (χ3v) is 6.87. The van der Waals surface area contributed by atoms with Crippen molar-refractivity contribution in [2.45, 2.75) is 25.8 Å². The zero-order valence-corrected chi connectivity index (χ0v) is 19.6. The number of hydrogen-bond acceptors (Lipinski definition) is 8. The predicted octanol–water partition coefficient (Wildman–Crippen LogP) is 3.04. The molecule has 0 aliphatic carbocycles. The first-order chi connectivity index (χ1) is 16.6. The van der Waals surface area contributed by atoms with Crippen LogP contribution in [0.2, 0.25) is 0 Å². The molecule has 0 saturated carbocycles. The number of rotatable bonds is 7.